The lowest BCUT2D eigenvalue weighted by molar-refractivity contribution is -0.159. The average molecular weight is 350 g/mol. The molecule has 5 bridgehead atoms. The summed E-state index contributed by atoms with van der Waals surface area (Å²) in [5.74, 6) is 1.65. The van der Waals surface area contributed by atoms with Gasteiger partial charge >= 0.3 is 0 Å². The molecule has 0 N–H and O–H groups in total. The fourth-order valence-electron chi connectivity index (χ4n) is 7.30. The number of likely N-dealkylation sites (tertiary alicyclic amines) is 1. The minimum atomic E-state index is -0.541. The van der Waals surface area contributed by atoms with E-state index in [0.717, 1.165) is 17.7 Å². The van der Waals surface area contributed by atoms with Crippen LogP contribution in [0.5, 0.6) is 0 Å². The molecular formula is C21H22N2O3. The Morgan fingerprint density at radius 2 is 2.23 bits per heavy atom. The molecule has 1 spiro atoms. The standard InChI is InChI=1S/C21H22N2O3/c1-4-20-13-9-15-21(12-7-5-6-8-14(12)22-18(21)25-3)17(20)16(11(13)10-26-15)23(2)19(20)24/h4-8,11,13,15-17H,1,9-10H2,2-3H3/t11-,13+,15+,16+,17-,20-,21-/m0/s1. The summed E-state index contributed by atoms with van der Waals surface area (Å²) >= 11 is 0. The van der Waals surface area contributed by atoms with Crippen molar-refractivity contribution in [2.24, 2.45) is 28.2 Å². The van der Waals surface area contributed by atoms with E-state index in [2.05, 4.69) is 18.7 Å². The zero-order chi connectivity index (χ0) is 17.8. The second kappa shape index (κ2) is 4.39. The molecule has 5 aliphatic rings. The van der Waals surface area contributed by atoms with Gasteiger partial charge in [-0.05, 0) is 24.0 Å². The molecule has 2 aliphatic carbocycles. The molecule has 4 fully saturated rings. The van der Waals surface area contributed by atoms with E-state index in [4.69, 9.17) is 14.5 Å². The average Bonchev–Trinajstić information content (AvgIpc) is 3.16. The van der Waals surface area contributed by atoms with E-state index in [1.807, 2.05) is 30.2 Å². The van der Waals surface area contributed by atoms with Crippen LogP contribution in [0.3, 0.4) is 0 Å². The SMILES string of the molecule is C=C[C@]12C(=O)N(C)[C@@H]3[C@H]4CO[C@H](C[C@H]41)[C@]1(C(OC)=Nc4ccccc41)[C@@H]32. The van der Waals surface area contributed by atoms with E-state index < -0.39 is 10.8 Å². The molecule has 3 heterocycles. The van der Waals surface area contributed by atoms with E-state index in [9.17, 15) is 4.79 Å². The van der Waals surface area contributed by atoms with Gasteiger partial charge in [-0.1, -0.05) is 24.3 Å². The van der Waals surface area contributed by atoms with Crippen LogP contribution in [0, 0.1) is 23.2 Å². The number of hydrogen-bond acceptors (Lipinski definition) is 4. The summed E-state index contributed by atoms with van der Waals surface area (Å²) in [5.41, 5.74) is 1.04. The normalized spacial score (nSPS) is 46.7. The van der Waals surface area contributed by atoms with Crippen molar-refractivity contribution in [1.82, 2.24) is 4.90 Å². The third kappa shape index (κ3) is 1.20. The Bertz CT molecular complexity index is 895. The van der Waals surface area contributed by atoms with Crippen LogP contribution in [0.15, 0.2) is 41.9 Å². The summed E-state index contributed by atoms with van der Waals surface area (Å²) in [5, 5.41) is 0. The predicted octanol–water partition coefficient (Wildman–Crippen LogP) is 2.29. The van der Waals surface area contributed by atoms with Gasteiger partial charge in [0, 0.05) is 24.9 Å². The minimum absolute atomic E-state index is 0.00604. The number of nitrogens with zero attached hydrogens (tertiary/aromatic N) is 2. The molecule has 26 heavy (non-hydrogen) atoms. The van der Waals surface area contributed by atoms with Gasteiger partial charge in [0.1, 0.15) is 5.41 Å². The number of carbonyl (C=O) groups is 1. The first-order valence-corrected chi connectivity index (χ1v) is 9.37. The van der Waals surface area contributed by atoms with Crippen molar-refractivity contribution in [3.63, 3.8) is 0 Å². The molecule has 1 amide bonds. The van der Waals surface area contributed by atoms with Gasteiger partial charge in [0.25, 0.3) is 0 Å². The van der Waals surface area contributed by atoms with Crippen molar-refractivity contribution < 1.29 is 14.3 Å². The highest BCUT2D eigenvalue weighted by molar-refractivity contribution is 6.01. The van der Waals surface area contributed by atoms with Crippen LogP contribution in [0.25, 0.3) is 0 Å². The first-order chi connectivity index (χ1) is 12.6. The lowest BCUT2D eigenvalue weighted by Crippen LogP contribution is -2.63. The molecule has 6 rings (SSSR count). The Morgan fingerprint density at radius 3 is 3.00 bits per heavy atom. The van der Waals surface area contributed by atoms with E-state index in [-0.39, 0.29) is 24.0 Å². The molecule has 1 aromatic rings. The van der Waals surface area contributed by atoms with E-state index >= 15 is 0 Å². The molecule has 0 radical (unpaired) electrons. The zero-order valence-electron chi connectivity index (χ0n) is 15.0. The van der Waals surface area contributed by atoms with Gasteiger partial charge in [0.05, 0.1) is 30.9 Å². The number of ether oxygens (including phenoxy) is 2. The number of piperidine rings is 1. The van der Waals surface area contributed by atoms with Crippen molar-refractivity contribution in [3.05, 3.63) is 42.5 Å². The molecule has 0 aromatic heterocycles. The van der Waals surface area contributed by atoms with Crippen LogP contribution in [-0.2, 0) is 19.7 Å². The predicted molar refractivity (Wildman–Crippen MR) is 96.2 cm³/mol. The van der Waals surface area contributed by atoms with Crippen LogP contribution in [0.4, 0.5) is 5.69 Å². The van der Waals surface area contributed by atoms with E-state index in [0.29, 0.717) is 24.3 Å². The molecule has 5 heteroatoms. The van der Waals surface area contributed by atoms with Gasteiger partial charge in [-0.15, -0.1) is 6.58 Å². The fraction of sp³-hybridized carbons (Fsp3) is 0.524. The summed E-state index contributed by atoms with van der Waals surface area (Å²) in [4.78, 5) is 20.2. The highest BCUT2D eigenvalue weighted by Gasteiger charge is 2.82. The number of methoxy groups -OCH3 is 1. The second-order valence-corrected chi connectivity index (χ2v) is 8.36. The van der Waals surface area contributed by atoms with Gasteiger partial charge in [-0.3, -0.25) is 4.79 Å². The number of rotatable bonds is 1. The number of hydrogen-bond donors (Lipinski definition) is 0. The van der Waals surface area contributed by atoms with Crippen molar-refractivity contribution in [2.75, 3.05) is 20.8 Å². The summed E-state index contributed by atoms with van der Waals surface area (Å²) in [7, 11) is 3.63. The molecule has 0 unspecified atom stereocenters. The van der Waals surface area contributed by atoms with Crippen molar-refractivity contribution in [3.8, 4) is 0 Å². The maximum Gasteiger partial charge on any atom is 0.233 e. The third-order valence-electron chi connectivity index (χ3n) is 7.98. The number of carbonyl (C=O) groups excluding carboxylic acids is 1. The Morgan fingerprint density at radius 1 is 1.42 bits per heavy atom. The Labute approximate surface area is 152 Å². The van der Waals surface area contributed by atoms with Crippen molar-refractivity contribution >= 4 is 17.5 Å². The molecule has 2 saturated heterocycles. The quantitative estimate of drug-likeness (QED) is 0.730. The van der Waals surface area contributed by atoms with Crippen molar-refractivity contribution in [2.45, 2.75) is 24.0 Å². The zero-order valence-corrected chi connectivity index (χ0v) is 15.0. The highest BCUT2D eigenvalue weighted by Crippen LogP contribution is 2.74. The first kappa shape index (κ1) is 15.0. The highest BCUT2D eigenvalue weighted by atomic mass is 16.5. The van der Waals surface area contributed by atoms with Gasteiger partial charge in [-0.25, -0.2) is 4.99 Å². The van der Waals surface area contributed by atoms with Crippen molar-refractivity contribution in [1.29, 1.82) is 0 Å². The van der Waals surface area contributed by atoms with Gasteiger partial charge in [-0.2, -0.15) is 0 Å². The van der Waals surface area contributed by atoms with Crippen LogP contribution in [0.2, 0.25) is 0 Å². The Balaban J connectivity index is 1.71. The maximum atomic E-state index is 13.4. The fourth-order valence-corrected chi connectivity index (χ4v) is 7.30. The molecule has 2 saturated carbocycles. The molecule has 5 nitrogen and oxygen atoms in total. The second-order valence-electron chi connectivity index (χ2n) is 8.36. The molecule has 1 aromatic carbocycles. The Hall–Kier alpha value is -2.14. The molecule has 7 atom stereocenters. The van der Waals surface area contributed by atoms with Crippen LogP contribution in [0.1, 0.15) is 12.0 Å². The van der Waals surface area contributed by atoms with E-state index in [1.54, 1.807) is 7.11 Å². The largest absolute Gasteiger partial charge is 0.483 e. The summed E-state index contributed by atoms with van der Waals surface area (Å²) in [6, 6.07) is 8.37. The molecular weight excluding hydrogens is 328 g/mol. The van der Waals surface area contributed by atoms with Gasteiger partial charge < -0.3 is 14.4 Å². The maximum absolute atomic E-state index is 13.4. The number of aliphatic imine (C=N–C) groups is 1. The van der Waals surface area contributed by atoms with Gasteiger partial charge in [0.2, 0.25) is 11.8 Å². The Kier molecular flexibility index (Phi) is 2.53. The van der Waals surface area contributed by atoms with Gasteiger partial charge in [0.15, 0.2) is 0 Å². The van der Waals surface area contributed by atoms with Crippen LogP contribution in [-0.4, -0.2) is 49.6 Å². The lowest BCUT2D eigenvalue weighted by Gasteiger charge is -2.54. The van der Waals surface area contributed by atoms with Crippen LogP contribution >= 0.6 is 0 Å². The summed E-state index contributed by atoms with van der Waals surface area (Å²) in [6.07, 6.45) is 2.80. The first-order valence-electron chi connectivity index (χ1n) is 9.37. The number of amides is 1. The monoisotopic (exact) mass is 350 g/mol. The number of para-hydroxylation sites is 1. The third-order valence-corrected chi connectivity index (χ3v) is 7.98. The molecule has 134 valence electrons. The minimum Gasteiger partial charge on any atom is -0.483 e. The topological polar surface area (TPSA) is 51.1 Å². The number of benzene rings is 1. The summed E-state index contributed by atoms with van der Waals surface area (Å²) < 4.78 is 12.3. The smallest absolute Gasteiger partial charge is 0.233 e. The van der Waals surface area contributed by atoms with Crippen LogP contribution < -0.4 is 0 Å². The lowest BCUT2D eigenvalue weighted by atomic mass is 9.51. The number of fused-ring (bicyclic) bond motifs is 5. The van der Waals surface area contributed by atoms with E-state index in [1.165, 1.54) is 0 Å². The molecule has 3 aliphatic heterocycles. The summed E-state index contributed by atoms with van der Waals surface area (Å²) in [6.45, 7) is 4.85.